The van der Waals surface area contributed by atoms with Crippen LogP contribution in [0.4, 0.5) is 5.82 Å². The van der Waals surface area contributed by atoms with Crippen LogP contribution in [0.25, 0.3) is 11.7 Å². The molecule has 0 radical (unpaired) electrons. The fraction of sp³-hybridized carbons (Fsp3) is 0.364. The van der Waals surface area contributed by atoms with Crippen LogP contribution in [-0.2, 0) is 19.1 Å². The van der Waals surface area contributed by atoms with Gasteiger partial charge in [-0.2, -0.15) is 0 Å². The van der Waals surface area contributed by atoms with Crippen LogP contribution in [0.3, 0.4) is 0 Å². The lowest BCUT2D eigenvalue weighted by atomic mass is 10.1. The number of nitrogens with zero attached hydrogens (tertiary/aromatic N) is 4. The maximum absolute atomic E-state index is 13.6. The fourth-order valence-corrected chi connectivity index (χ4v) is 5.33. The van der Waals surface area contributed by atoms with Gasteiger partial charge in [0.2, 0.25) is 5.91 Å². The van der Waals surface area contributed by atoms with Crippen molar-refractivity contribution < 1.29 is 19.1 Å². The number of fused-ring (bicyclic) bond motifs is 1. The Hall–Kier alpha value is -3.25. The van der Waals surface area contributed by atoms with Crippen molar-refractivity contribution in [3.05, 3.63) is 44.7 Å². The summed E-state index contributed by atoms with van der Waals surface area (Å²) in [6.07, 6.45) is 2.87. The minimum absolute atomic E-state index is 0.143. The molecule has 2 fully saturated rings. The summed E-state index contributed by atoms with van der Waals surface area (Å²) < 4.78 is 6.59. The van der Waals surface area contributed by atoms with Crippen molar-refractivity contribution in [1.82, 2.24) is 19.6 Å². The first kappa shape index (κ1) is 23.9. The second-order valence-corrected chi connectivity index (χ2v) is 9.42. The number of carbonyl (C=O) groups excluding carboxylic acids is 3. The first-order valence-electron chi connectivity index (χ1n) is 10.6. The summed E-state index contributed by atoms with van der Waals surface area (Å²) in [6.45, 7) is 4.68. The number of aromatic nitrogens is 2. The number of rotatable bonds is 5. The number of nitrogens with one attached hydrogen (secondary N) is 1. The monoisotopic (exact) mass is 501 g/mol. The van der Waals surface area contributed by atoms with Crippen LogP contribution in [-0.4, -0.2) is 69.2 Å². The molecular formula is C22H23N5O5S2. The number of anilines is 1. The number of carbonyl (C=O) groups is 3. The highest BCUT2D eigenvalue weighted by Crippen LogP contribution is 2.34. The van der Waals surface area contributed by atoms with E-state index in [1.165, 1.54) is 22.5 Å². The maximum Gasteiger partial charge on any atom is 0.308 e. The Morgan fingerprint density at radius 2 is 2.15 bits per heavy atom. The standard InChI is InChI=1S/C22H23N5O5S2/c1-4-25-21(31)15(34-22(25)33)10-13-18(24-17-12(2)6-5-8-27(17)20(13)30)26-9-7-23-19(29)14(26)11-16(28)32-3/h5-6,8,10,14H,4,7,9,11H2,1-3H3,(H,23,29)/b15-10-/t14-/m0/s1. The average molecular weight is 502 g/mol. The van der Waals surface area contributed by atoms with Crippen molar-refractivity contribution in [2.75, 3.05) is 31.6 Å². The van der Waals surface area contributed by atoms with Crippen LogP contribution in [0.1, 0.15) is 24.5 Å². The molecule has 1 atom stereocenters. The van der Waals surface area contributed by atoms with Gasteiger partial charge in [-0.1, -0.05) is 30.0 Å². The Kier molecular flexibility index (Phi) is 6.71. The largest absolute Gasteiger partial charge is 0.469 e. The van der Waals surface area contributed by atoms with E-state index in [1.807, 2.05) is 19.9 Å². The summed E-state index contributed by atoms with van der Waals surface area (Å²) in [4.78, 5) is 59.4. The maximum atomic E-state index is 13.6. The smallest absolute Gasteiger partial charge is 0.308 e. The first-order valence-corrected chi connectivity index (χ1v) is 11.9. The van der Waals surface area contributed by atoms with Gasteiger partial charge in [-0.05, 0) is 31.6 Å². The summed E-state index contributed by atoms with van der Waals surface area (Å²) >= 11 is 6.41. The van der Waals surface area contributed by atoms with Gasteiger partial charge in [0, 0.05) is 25.8 Å². The van der Waals surface area contributed by atoms with Crippen molar-refractivity contribution in [1.29, 1.82) is 0 Å². The van der Waals surface area contributed by atoms with E-state index < -0.39 is 17.6 Å². The van der Waals surface area contributed by atoms with E-state index in [-0.39, 0.29) is 29.6 Å². The highest BCUT2D eigenvalue weighted by molar-refractivity contribution is 8.26. The van der Waals surface area contributed by atoms with E-state index in [2.05, 4.69) is 5.32 Å². The van der Waals surface area contributed by atoms with Gasteiger partial charge in [0.25, 0.3) is 11.5 Å². The molecule has 2 saturated heterocycles. The van der Waals surface area contributed by atoms with Gasteiger partial charge in [0.05, 0.1) is 24.0 Å². The molecule has 2 aromatic rings. The Morgan fingerprint density at radius 3 is 2.82 bits per heavy atom. The van der Waals surface area contributed by atoms with Crippen LogP contribution >= 0.6 is 24.0 Å². The lowest BCUT2D eigenvalue weighted by Gasteiger charge is -2.36. The highest BCUT2D eigenvalue weighted by atomic mass is 32.2. The van der Waals surface area contributed by atoms with Crippen LogP contribution < -0.4 is 15.8 Å². The second kappa shape index (κ2) is 9.55. The van der Waals surface area contributed by atoms with E-state index >= 15 is 0 Å². The second-order valence-electron chi connectivity index (χ2n) is 7.75. The third kappa shape index (κ3) is 4.18. The number of amides is 2. The molecule has 0 aromatic carbocycles. The summed E-state index contributed by atoms with van der Waals surface area (Å²) in [5, 5.41) is 2.75. The summed E-state index contributed by atoms with van der Waals surface area (Å²) in [5.41, 5.74) is 0.928. The topological polar surface area (TPSA) is 113 Å². The van der Waals surface area contributed by atoms with Gasteiger partial charge in [-0.25, -0.2) is 4.98 Å². The van der Waals surface area contributed by atoms with Crippen LogP contribution in [0.2, 0.25) is 0 Å². The molecule has 1 N–H and O–H groups in total. The molecule has 0 unspecified atom stereocenters. The third-order valence-corrected chi connectivity index (χ3v) is 7.10. The number of thioether (sulfide) groups is 1. The lowest BCUT2D eigenvalue weighted by molar-refractivity contribution is -0.143. The number of hydrogen-bond acceptors (Lipinski definition) is 9. The van der Waals surface area contributed by atoms with E-state index in [9.17, 15) is 19.2 Å². The summed E-state index contributed by atoms with van der Waals surface area (Å²) in [5.74, 6) is -0.998. The molecule has 2 aliphatic rings. The number of hydrogen-bond donors (Lipinski definition) is 1. The molecule has 4 heterocycles. The molecule has 0 spiro atoms. The van der Waals surface area contributed by atoms with Crippen molar-refractivity contribution in [2.24, 2.45) is 0 Å². The van der Waals surface area contributed by atoms with Crippen molar-refractivity contribution >= 4 is 63.6 Å². The van der Waals surface area contributed by atoms with Gasteiger partial charge in [0.15, 0.2) is 0 Å². The summed E-state index contributed by atoms with van der Waals surface area (Å²) in [6, 6.07) is 2.64. The Bertz CT molecular complexity index is 1300. The Morgan fingerprint density at radius 1 is 1.38 bits per heavy atom. The van der Waals surface area contributed by atoms with Gasteiger partial charge in [-0.15, -0.1) is 0 Å². The number of esters is 1. The minimum atomic E-state index is -0.920. The Labute approximate surface area is 204 Å². The Balaban J connectivity index is 1.94. The first-order chi connectivity index (χ1) is 16.3. The summed E-state index contributed by atoms with van der Waals surface area (Å²) in [7, 11) is 1.25. The number of likely N-dealkylation sites (N-methyl/N-ethyl adjacent to an activating group) is 1. The lowest BCUT2D eigenvalue weighted by Crippen LogP contribution is -2.57. The molecule has 4 rings (SSSR count). The normalized spacial score (nSPS) is 19.8. The van der Waals surface area contributed by atoms with E-state index in [0.29, 0.717) is 34.5 Å². The predicted molar refractivity (Wildman–Crippen MR) is 133 cm³/mol. The van der Waals surface area contributed by atoms with Gasteiger partial charge >= 0.3 is 5.97 Å². The van der Waals surface area contributed by atoms with Crippen LogP contribution in [0, 0.1) is 6.92 Å². The quantitative estimate of drug-likeness (QED) is 0.365. The number of aryl methyl sites for hydroxylation is 1. The van der Waals surface area contributed by atoms with Crippen LogP contribution in [0.15, 0.2) is 28.0 Å². The molecule has 34 heavy (non-hydrogen) atoms. The number of pyridine rings is 1. The minimum Gasteiger partial charge on any atom is -0.469 e. The molecule has 0 bridgehead atoms. The average Bonchev–Trinajstić information content (AvgIpc) is 3.09. The van der Waals surface area contributed by atoms with Crippen molar-refractivity contribution in [3.63, 3.8) is 0 Å². The third-order valence-electron chi connectivity index (χ3n) is 5.72. The molecule has 2 aromatic heterocycles. The zero-order chi connectivity index (χ0) is 24.6. The highest BCUT2D eigenvalue weighted by Gasteiger charge is 2.36. The van der Waals surface area contributed by atoms with E-state index in [0.717, 1.165) is 17.3 Å². The zero-order valence-electron chi connectivity index (χ0n) is 18.9. The fourth-order valence-electron chi connectivity index (χ4n) is 3.96. The number of methoxy groups -OCH3 is 1. The molecule has 178 valence electrons. The molecule has 0 saturated carbocycles. The van der Waals surface area contributed by atoms with Crippen LogP contribution in [0.5, 0.6) is 0 Å². The van der Waals surface area contributed by atoms with E-state index in [4.69, 9.17) is 21.9 Å². The van der Waals surface area contributed by atoms with Crippen molar-refractivity contribution in [3.8, 4) is 0 Å². The molecule has 2 aliphatic heterocycles. The van der Waals surface area contributed by atoms with Gasteiger partial charge in [-0.3, -0.25) is 28.5 Å². The molecule has 0 aliphatic carbocycles. The number of thiocarbonyl (C=S) groups is 1. The number of ether oxygens (including phenoxy) is 1. The van der Waals surface area contributed by atoms with Gasteiger partial charge < -0.3 is 15.0 Å². The molecular weight excluding hydrogens is 478 g/mol. The van der Waals surface area contributed by atoms with Gasteiger partial charge in [0.1, 0.15) is 21.8 Å². The number of piperazine rings is 1. The molecule has 2 amide bonds. The predicted octanol–water partition coefficient (Wildman–Crippen LogP) is 1.09. The van der Waals surface area contributed by atoms with E-state index in [1.54, 1.807) is 17.2 Å². The zero-order valence-corrected chi connectivity index (χ0v) is 20.5. The molecule has 12 heteroatoms. The molecule has 10 nitrogen and oxygen atoms in total. The van der Waals surface area contributed by atoms with Crippen molar-refractivity contribution in [2.45, 2.75) is 26.3 Å². The SMILES string of the molecule is CCN1C(=O)/C(=C/c2c(N3CCNC(=O)[C@@H]3CC(=O)OC)nc3c(C)cccn3c2=O)SC1=S.